The van der Waals surface area contributed by atoms with E-state index < -0.39 is 0 Å². The molecule has 112 valence electrons. The molecule has 0 saturated heterocycles. The molecule has 4 heteroatoms. The van der Waals surface area contributed by atoms with Gasteiger partial charge in [-0.2, -0.15) is 0 Å². The summed E-state index contributed by atoms with van der Waals surface area (Å²) in [5.41, 5.74) is 4.25. The molecule has 0 atom stereocenters. The Hall–Kier alpha value is -3.14. The summed E-state index contributed by atoms with van der Waals surface area (Å²) in [7, 11) is 0. The molecular formula is C19H16N4. The minimum Gasteiger partial charge on any atom is -0.363 e. The highest BCUT2D eigenvalue weighted by Crippen LogP contribution is 2.23. The smallest absolute Gasteiger partial charge is 0.180 e. The molecule has 4 aromatic rings. The van der Waals surface area contributed by atoms with Crippen LogP contribution in [0.15, 0.2) is 79.3 Å². The van der Waals surface area contributed by atoms with E-state index in [1.165, 1.54) is 5.56 Å². The van der Waals surface area contributed by atoms with Gasteiger partial charge in [0.1, 0.15) is 0 Å². The molecule has 4 rings (SSSR count). The third kappa shape index (κ3) is 2.66. The highest BCUT2D eigenvalue weighted by atomic mass is 15.1. The minimum atomic E-state index is 0.723. The van der Waals surface area contributed by atoms with Gasteiger partial charge in [0.2, 0.25) is 0 Å². The zero-order valence-corrected chi connectivity index (χ0v) is 12.6. The predicted octanol–water partition coefficient (Wildman–Crippen LogP) is 4.01. The van der Waals surface area contributed by atoms with Crippen LogP contribution < -0.4 is 5.32 Å². The Balaban J connectivity index is 1.68. The van der Waals surface area contributed by atoms with Gasteiger partial charge >= 0.3 is 0 Å². The van der Waals surface area contributed by atoms with Crippen LogP contribution in [0.4, 0.5) is 5.82 Å². The number of aromatic nitrogens is 3. The number of rotatable bonds is 4. The molecule has 0 bridgehead atoms. The summed E-state index contributed by atoms with van der Waals surface area (Å²) in [6.07, 6.45) is 5.63. The van der Waals surface area contributed by atoms with Crippen molar-refractivity contribution in [1.82, 2.24) is 14.4 Å². The topological polar surface area (TPSA) is 42.2 Å². The Labute approximate surface area is 134 Å². The lowest BCUT2D eigenvalue weighted by atomic mass is 10.2. The maximum Gasteiger partial charge on any atom is 0.180 e. The summed E-state index contributed by atoms with van der Waals surface area (Å²) in [5.74, 6) is 0.790. The largest absolute Gasteiger partial charge is 0.363 e. The van der Waals surface area contributed by atoms with Gasteiger partial charge in [-0.3, -0.25) is 4.40 Å². The summed E-state index contributed by atoms with van der Waals surface area (Å²) in [6, 6.07) is 20.5. The van der Waals surface area contributed by atoms with E-state index in [2.05, 4.69) is 44.0 Å². The van der Waals surface area contributed by atoms with Crippen LogP contribution in [-0.4, -0.2) is 14.4 Å². The third-order valence-electron chi connectivity index (χ3n) is 3.80. The average Bonchev–Trinajstić information content (AvgIpc) is 3.06. The molecule has 0 aliphatic heterocycles. The first-order valence-corrected chi connectivity index (χ1v) is 7.57. The van der Waals surface area contributed by atoms with Crippen molar-refractivity contribution in [2.75, 3.05) is 5.32 Å². The summed E-state index contributed by atoms with van der Waals surface area (Å²) in [6.45, 7) is 0.723. The second kappa shape index (κ2) is 5.93. The molecule has 0 spiro atoms. The Morgan fingerprint density at radius 3 is 2.39 bits per heavy atom. The Morgan fingerprint density at radius 2 is 1.61 bits per heavy atom. The fourth-order valence-electron chi connectivity index (χ4n) is 2.65. The van der Waals surface area contributed by atoms with Crippen LogP contribution in [0.25, 0.3) is 16.9 Å². The molecule has 0 aliphatic carbocycles. The summed E-state index contributed by atoms with van der Waals surface area (Å²) in [5, 5.41) is 3.37. The van der Waals surface area contributed by atoms with Gasteiger partial charge in [0.05, 0.1) is 11.9 Å². The van der Waals surface area contributed by atoms with Crippen LogP contribution in [0.2, 0.25) is 0 Å². The van der Waals surface area contributed by atoms with E-state index in [-0.39, 0.29) is 0 Å². The van der Waals surface area contributed by atoms with E-state index in [4.69, 9.17) is 0 Å². The molecule has 0 amide bonds. The van der Waals surface area contributed by atoms with Gasteiger partial charge in [-0.25, -0.2) is 9.97 Å². The molecule has 2 aromatic heterocycles. The van der Waals surface area contributed by atoms with Crippen LogP contribution >= 0.6 is 0 Å². The average molecular weight is 300 g/mol. The first-order valence-electron chi connectivity index (χ1n) is 7.57. The molecule has 23 heavy (non-hydrogen) atoms. The van der Waals surface area contributed by atoms with Gasteiger partial charge in [0.25, 0.3) is 0 Å². The standard InChI is InChI=1S/C19H16N4/c1-3-7-15(8-4-1)13-21-18-19-22-14-17(23(19)12-11-20-18)16-9-5-2-6-10-16/h1-12,14H,13H2,(H,20,21). The molecule has 0 fully saturated rings. The molecule has 2 aromatic carbocycles. The van der Waals surface area contributed by atoms with Gasteiger partial charge in [-0.1, -0.05) is 60.7 Å². The van der Waals surface area contributed by atoms with Crippen molar-refractivity contribution in [3.63, 3.8) is 0 Å². The van der Waals surface area contributed by atoms with E-state index in [1.807, 2.05) is 48.8 Å². The van der Waals surface area contributed by atoms with E-state index in [1.54, 1.807) is 6.20 Å². The second-order valence-electron chi connectivity index (χ2n) is 5.32. The maximum absolute atomic E-state index is 4.55. The van der Waals surface area contributed by atoms with Crippen molar-refractivity contribution in [1.29, 1.82) is 0 Å². The molecule has 0 unspecified atom stereocenters. The lowest BCUT2D eigenvalue weighted by Gasteiger charge is -2.08. The SMILES string of the molecule is c1ccc(CNc2nccn3c(-c4ccccc4)cnc23)cc1. The van der Waals surface area contributed by atoms with E-state index in [0.717, 1.165) is 29.3 Å². The zero-order valence-electron chi connectivity index (χ0n) is 12.6. The van der Waals surface area contributed by atoms with Crippen molar-refractivity contribution in [3.8, 4) is 11.3 Å². The van der Waals surface area contributed by atoms with Gasteiger partial charge < -0.3 is 5.32 Å². The third-order valence-corrected chi connectivity index (χ3v) is 3.80. The van der Waals surface area contributed by atoms with Crippen LogP contribution in [0.5, 0.6) is 0 Å². The van der Waals surface area contributed by atoms with Crippen LogP contribution in [0, 0.1) is 0 Å². The normalized spacial score (nSPS) is 10.8. The van der Waals surface area contributed by atoms with Gasteiger partial charge in [0.15, 0.2) is 11.5 Å². The van der Waals surface area contributed by atoms with E-state index >= 15 is 0 Å². The number of hydrogen-bond donors (Lipinski definition) is 1. The summed E-state index contributed by atoms with van der Waals surface area (Å²) >= 11 is 0. The molecule has 0 saturated carbocycles. The maximum atomic E-state index is 4.55. The van der Waals surface area contributed by atoms with Crippen molar-refractivity contribution in [3.05, 3.63) is 84.8 Å². The number of benzene rings is 2. The molecule has 1 N–H and O–H groups in total. The molecule has 0 radical (unpaired) electrons. The number of nitrogens with zero attached hydrogens (tertiary/aromatic N) is 3. The Kier molecular flexibility index (Phi) is 3.48. The highest BCUT2D eigenvalue weighted by molar-refractivity contribution is 5.70. The van der Waals surface area contributed by atoms with Crippen molar-refractivity contribution in [2.45, 2.75) is 6.54 Å². The van der Waals surface area contributed by atoms with E-state index in [0.29, 0.717) is 0 Å². The first-order chi connectivity index (χ1) is 11.4. The first kappa shape index (κ1) is 13.5. The lowest BCUT2D eigenvalue weighted by molar-refractivity contribution is 1.07. The molecule has 2 heterocycles. The predicted molar refractivity (Wildman–Crippen MR) is 92.2 cm³/mol. The Bertz CT molecular complexity index is 914. The number of nitrogens with one attached hydrogen (secondary N) is 1. The number of hydrogen-bond acceptors (Lipinski definition) is 3. The van der Waals surface area contributed by atoms with Crippen molar-refractivity contribution < 1.29 is 0 Å². The Morgan fingerprint density at radius 1 is 0.870 bits per heavy atom. The number of anilines is 1. The molecular weight excluding hydrogens is 284 g/mol. The van der Waals surface area contributed by atoms with Crippen molar-refractivity contribution >= 4 is 11.5 Å². The second-order valence-corrected chi connectivity index (χ2v) is 5.32. The number of fused-ring (bicyclic) bond motifs is 1. The quantitative estimate of drug-likeness (QED) is 0.619. The fourth-order valence-corrected chi connectivity index (χ4v) is 2.65. The fraction of sp³-hybridized carbons (Fsp3) is 0.0526. The van der Waals surface area contributed by atoms with Gasteiger partial charge in [-0.15, -0.1) is 0 Å². The minimum absolute atomic E-state index is 0.723. The monoisotopic (exact) mass is 300 g/mol. The lowest BCUT2D eigenvalue weighted by Crippen LogP contribution is -2.03. The van der Waals surface area contributed by atoms with Gasteiger partial charge in [-0.05, 0) is 5.56 Å². The van der Waals surface area contributed by atoms with Crippen molar-refractivity contribution in [2.24, 2.45) is 0 Å². The van der Waals surface area contributed by atoms with E-state index in [9.17, 15) is 0 Å². The zero-order chi connectivity index (χ0) is 15.5. The van der Waals surface area contributed by atoms with Crippen LogP contribution in [0.3, 0.4) is 0 Å². The molecule has 4 nitrogen and oxygen atoms in total. The molecule has 0 aliphatic rings. The summed E-state index contributed by atoms with van der Waals surface area (Å²) in [4.78, 5) is 8.98. The van der Waals surface area contributed by atoms with Gasteiger partial charge in [0, 0.05) is 24.5 Å². The van der Waals surface area contributed by atoms with Crippen LogP contribution in [-0.2, 0) is 6.54 Å². The van der Waals surface area contributed by atoms with Crippen LogP contribution in [0.1, 0.15) is 5.56 Å². The summed E-state index contributed by atoms with van der Waals surface area (Å²) < 4.78 is 2.07. The highest BCUT2D eigenvalue weighted by Gasteiger charge is 2.09. The number of imidazole rings is 1.